The summed E-state index contributed by atoms with van der Waals surface area (Å²) in [6.07, 6.45) is 2.97. The minimum absolute atomic E-state index is 0.0174. The number of hydrogen-bond donors (Lipinski definition) is 2. The first-order valence-electron chi connectivity index (χ1n) is 4.66. The first-order valence-corrected chi connectivity index (χ1v) is 4.66. The molecule has 1 fully saturated rings. The predicted molar refractivity (Wildman–Crippen MR) is 48.4 cm³/mol. The number of carbonyl (C=O) groups is 1. The molecular weight excluding hydrogens is 170 g/mol. The molecule has 0 aromatic rings. The molecule has 0 spiro atoms. The van der Waals surface area contributed by atoms with Gasteiger partial charge in [0, 0.05) is 12.6 Å². The monoisotopic (exact) mass is 187 g/mol. The molecule has 0 aromatic carbocycles. The molecule has 3 N–H and O–H groups in total. The third-order valence-electron chi connectivity index (χ3n) is 2.68. The fourth-order valence-corrected chi connectivity index (χ4v) is 1.65. The Bertz CT molecular complexity index is 187. The lowest BCUT2D eigenvalue weighted by Crippen LogP contribution is -2.50. The summed E-state index contributed by atoms with van der Waals surface area (Å²) in [7, 11) is 0. The molecule has 1 rings (SSSR count). The van der Waals surface area contributed by atoms with Crippen LogP contribution in [0.15, 0.2) is 0 Å². The van der Waals surface area contributed by atoms with Crippen LogP contribution in [-0.2, 0) is 9.53 Å². The summed E-state index contributed by atoms with van der Waals surface area (Å²) in [5.41, 5.74) is 5.34. The van der Waals surface area contributed by atoms with Crippen LogP contribution in [0.4, 0.5) is 0 Å². The van der Waals surface area contributed by atoms with Gasteiger partial charge in [-0.15, -0.1) is 0 Å². The molecule has 0 amide bonds. The van der Waals surface area contributed by atoms with E-state index in [1.165, 1.54) is 0 Å². The highest BCUT2D eigenvalue weighted by molar-refractivity contribution is 5.67. The Balaban J connectivity index is 2.51. The number of ether oxygens (including phenoxy) is 1. The molecule has 13 heavy (non-hydrogen) atoms. The molecule has 1 saturated heterocycles. The second kappa shape index (κ2) is 4.07. The van der Waals surface area contributed by atoms with Crippen molar-refractivity contribution in [2.75, 3.05) is 6.61 Å². The van der Waals surface area contributed by atoms with Gasteiger partial charge < -0.3 is 15.6 Å². The average molecular weight is 187 g/mol. The van der Waals surface area contributed by atoms with Crippen molar-refractivity contribution < 1.29 is 14.6 Å². The molecule has 0 saturated carbocycles. The molecule has 4 nitrogen and oxygen atoms in total. The van der Waals surface area contributed by atoms with Crippen LogP contribution in [0.5, 0.6) is 0 Å². The maximum absolute atomic E-state index is 10.5. The van der Waals surface area contributed by atoms with Crippen molar-refractivity contribution in [3.8, 4) is 0 Å². The lowest BCUT2D eigenvalue weighted by Gasteiger charge is -2.38. The molecule has 1 unspecified atom stereocenters. The van der Waals surface area contributed by atoms with E-state index in [-0.39, 0.29) is 6.42 Å². The van der Waals surface area contributed by atoms with E-state index < -0.39 is 17.6 Å². The highest BCUT2D eigenvalue weighted by atomic mass is 16.5. The average Bonchev–Trinajstić information content (AvgIpc) is 2.04. The first-order chi connectivity index (χ1) is 6.04. The normalized spacial score (nSPS) is 31.2. The van der Waals surface area contributed by atoms with E-state index >= 15 is 0 Å². The molecular formula is C9H17NO3. The van der Waals surface area contributed by atoms with Gasteiger partial charge in [-0.2, -0.15) is 0 Å². The Morgan fingerprint density at radius 3 is 2.85 bits per heavy atom. The number of rotatable bonds is 3. The van der Waals surface area contributed by atoms with E-state index in [1.807, 2.05) is 6.92 Å². The molecule has 0 radical (unpaired) electrons. The topological polar surface area (TPSA) is 72.6 Å². The van der Waals surface area contributed by atoms with Crippen LogP contribution in [-0.4, -0.2) is 29.3 Å². The first kappa shape index (κ1) is 10.5. The van der Waals surface area contributed by atoms with Crippen LogP contribution in [0.3, 0.4) is 0 Å². The van der Waals surface area contributed by atoms with Crippen LogP contribution in [0, 0.1) is 0 Å². The minimum Gasteiger partial charge on any atom is -0.481 e. The number of aliphatic carboxylic acids is 1. The van der Waals surface area contributed by atoms with E-state index in [2.05, 4.69) is 0 Å². The van der Waals surface area contributed by atoms with Crippen molar-refractivity contribution in [3.63, 3.8) is 0 Å². The fraction of sp³-hybridized carbons (Fsp3) is 0.889. The van der Waals surface area contributed by atoms with E-state index in [0.717, 1.165) is 19.3 Å². The van der Waals surface area contributed by atoms with Gasteiger partial charge in [0.2, 0.25) is 0 Å². The van der Waals surface area contributed by atoms with Gasteiger partial charge in [-0.1, -0.05) is 0 Å². The number of carboxylic acid groups (broad SMARTS) is 1. The Morgan fingerprint density at radius 1 is 1.69 bits per heavy atom. The second-order valence-electron chi connectivity index (χ2n) is 3.82. The number of hydrogen-bond acceptors (Lipinski definition) is 3. The fourth-order valence-electron chi connectivity index (χ4n) is 1.65. The van der Waals surface area contributed by atoms with Gasteiger partial charge in [-0.25, -0.2) is 0 Å². The lowest BCUT2D eigenvalue weighted by atomic mass is 9.87. The van der Waals surface area contributed by atoms with Gasteiger partial charge in [0.15, 0.2) is 0 Å². The Morgan fingerprint density at radius 2 is 2.38 bits per heavy atom. The zero-order valence-electron chi connectivity index (χ0n) is 7.95. The molecule has 0 aromatic heterocycles. The quantitative estimate of drug-likeness (QED) is 0.683. The number of nitrogens with two attached hydrogens (primary N) is 1. The Labute approximate surface area is 78.1 Å². The van der Waals surface area contributed by atoms with Crippen LogP contribution < -0.4 is 5.73 Å². The van der Waals surface area contributed by atoms with Crippen molar-refractivity contribution >= 4 is 5.97 Å². The van der Waals surface area contributed by atoms with E-state index in [1.54, 1.807) is 0 Å². The van der Waals surface area contributed by atoms with Gasteiger partial charge in [0.25, 0.3) is 0 Å². The molecule has 76 valence electrons. The van der Waals surface area contributed by atoms with Gasteiger partial charge >= 0.3 is 5.97 Å². The molecule has 1 aliphatic heterocycles. The zero-order chi connectivity index (χ0) is 9.90. The summed E-state index contributed by atoms with van der Waals surface area (Å²) in [6, 6.07) is -0.398. The van der Waals surface area contributed by atoms with E-state index in [0.29, 0.717) is 6.61 Å². The molecule has 2 atom stereocenters. The largest absolute Gasteiger partial charge is 0.481 e. The van der Waals surface area contributed by atoms with Gasteiger partial charge in [-0.05, 0) is 26.2 Å². The molecule has 1 heterocycles. The van der Waals surface area contributed by atoms with Crippen LogP contribution in [0.1, 0.15) is 32.6 Å². The van der Waals surface area contributed by atoms with Crippen molar-refractivity contribution in [2.24, 2.45) is 5.73 Å². The minimum atomic E-state index is -0.858. The van der Waals surface area contributed by atoms with E-state index in [4.69, 9.17) is 15.6 Å². The molecule has 1 aliphatic rings. The predicted octanol–water partition coefficient (Wildman–Crippen LogP) is 0.748. The van der Waals surface area contributed by atoms with Gasteiger partial charge in [-0.3, -0.25) is 4.79 Å². The van der Waals surface area contributed by atoms with Crippen LogP contribution in [0.2, 0.25) is 0 Å². The summed E-state index contributed by atoms with van der Waals surface area (Å²) in [5.74, 6) is -0.858. The summed E-state index contributed by atoms with van der Waals surface area (Å²) < 4.78 is 5.54. The van der Waals surface area contributed by atoms with E-state index in [9.17, 15) is 4.79 Å². The van der Waals surface area contributed by atoms with Crippen molar-refractivity contribution in [1.82, 2.24) is 0 Å². The Hall–Kier alpha value is -0.610. The van der Waals surface area contributed by atoms with Gasteiger partial charge in [0.1, 0.15) is 0 Å². The standard InChI is InChI=1S/C9H17NO3/c1-9(4-2-3-5-13-9)7(10)6-8(11)12/h7H,2-6,10H2,1H3,(H,11,12)/t7-,9?/m0/s1. The number of carboxylic acids is 1. The summed E-state index contributed by atoms with van der Waals surface area (Å²) in [5, 5.41) is 8.59. The third-order valence-corrected chi connectivity index (χ3v) is 2.68. The molecule has 4 heteroatoms. The summed E-state index contributed by atoms with van der Waals surface area (Å²) >= 11 is 0. The maximum Gasteiger partial charge on any atom is 0.305 e. The van der Waals surface area contributed by atoms with Crippen molar-refractivity contribution in [2.45, 2.75) is 44.2 Å². The lowest BCUT2D eigenvalue weighted by molar-refractivity contribution is -0.141. The van der Waals surface area contributed by atoms with Crippen LogP contribution in [0.25, 0.3) is 0 Å². The van der Waals surface area contributed by atoms with Crippen molar-refractivity contribution in [1.29, 1.82) is 0 Å². The van der Waals surface area contributed by atoms with Crippen molar-refractivity contribution in [3.05, 3.63) is 0 Å². The SMILES string of the molecule is CC1([C@@H](N)CC(=O)O)CCCCO1. The van der Waals surface area contributed by atoms with Crippen LogP contribution >= 0.6 is 0 Å². The maximum atomic E-state index is 10.5. The zero-order valence-corrected chi connectivity index (χ0v) is 7.95. The molecule has 0 aliphatic carbocycles. The highest BCUT2D eigenvalue weighted by Crippen LogP contribution is 2.28. The smallest absolute Gasteiger partial charge is 0.305 e. The summed E-state index contributed by atoms with van der Waals surface area (Å²) in [6.45, 7) is 2.60. The molecule has 0 bridgehead atoms. The van der Waals surface area contributed by atoms with Gasteiger partial charge in [0.05, 0.1) is 12.0 Å². The Kier molecular flexibility index (Phi) is 3.27. The summed E-state index contributed by atoms with van der Waals surface area (Å²) in [4.78, 5) is 10.5. The third kappa shape index (κ3) is 2.67. The second-order valence-corrected chi connectivity index (χ2v) is 3.82. The highest BCUT2D eigenvalue weighted by Gasteiger charge is 2.35.